The molecule has 0 aromatic heterocycles. The lowest BCUT2D eigenvalue weighted by molar-refractivity contribution is 0.208. The number of alkyl halides is 1. The maximum atomic E-state index is 6.22. The van der Waals surface area contributed by atoms with E-state index in [0.29, 0.717) is 0 Å². The zero-order chi connectivity index (χ0) is 13.3. The molecule has 2 heteroatoms. The van der Waals surface area contributed by atoms with Crippen LogP contribution in [0.25, 0.3) is 0 Å². The molecule has 2 atom stereocenters. The molecule has 18 heavy (non-hydrogen) atoms. The Morgan fingerprint density at radius 1 is 1.17 bits per heavy atom. The van der Waals surface area contributed by atoms with E-state index < -0.39 is 0 Å². The van der Waals surface area contributed by atoms with Crippen LogP contribution in [0.1, 0.15) is 78.1 Å². The molecule has 1 N–H and O–H groups in total. The van der Waals surface area contributed by atoms with E-state index in [1.807, 2.05) is 0 Å². The normalized spacial score (nSPS) is 28.5. The zero-order valence-corrected chi connectivity index (χ0v) is 13.2. The van der Waals surface area contributed by atoms with E-state index in [1.54, 1.807) is 0 Å². The fourth-order valence-electron chi connectivity index (χ4n) is 3.25. The van der Waals surface area contributed by atoms with Crippen LogP contribution >= 0.6 is 11.6 Å². The Labute approximate surface area is 119 Å². The van der Waals surface area contributed by atoms with E-state index in [9.17, 15) is 0 Å². The Kier molecular flexibility index (Phi) is 8.33. The standard InChI is InChI=1S/C16H32ClN/c1-3-4-5-6-7-8-12-18-16(14-17)11-9-10-15(2)13-16/h15,18H,3-14H2,1-2H3. The van der Waals surface area contributed by atoms with E-state index in [2.05, 4.69) is 19.2 Å². The summed E-state index contributed by atoms with van der Waals surface area (Å²) in [5.41, 5.74) is 0.253. The SMILES string of the molecule is CCCCCCCCNC1(CCl)CCCC(C)C1. The zero-order valence-electron chi connectivity index (χ0n) is 12.4. The van der Waals surface area contributed by atoms with Crippen LogP contribution in [0.15, 0.2) is 0 Å². The average Bonchev–Trinajstić information content (AvgIpc) is 2.38. The molecule has 1 aliphatic rings. The van der Waals surface area contributed by atoms with Crippen LogP contribution in [0.4, 0.5) is 0 Å². The van der Waals surface area contributed by atoms with Crippen LogP contribution in [0.3, 0.4) is 0 Å². The molecule has 0 amide bonds. The Balaban J connectivity index is 2.11. The molecule has 2 unspecified atom stereocenters. The highest BCUT2D eigenvalue weighted by molar-refractivity contribution is 6.18. The highest BCUT2D eigenvalue weighted by Gasteiger charge is 2.33. The molecule has 0 aromatic rings. The van der Waals surface area contributed by atoms with E-state index in [4.69, 9.17) is 11.6 Å². The maximum absolute atomic E-state index is 6.22. The lowest BCUT2D eigenvalue weighted by Crippen LogP contribution is -2.50. The minimum atomic E-state index is 0.253. The van der Waals surface area contributed by atoms with Gasteiger partial charge >= 0.3 is 0 Å². The van der Waals surface area contributed by atoms with E-state index >= 15 is 0 Å². The minimum absolute atomic E-state index is 0.253. The first kappa shape index (κ1) is 16.3. The van der Waals surface area contributed by atoms with Gasteiger partial charge in [0.1, 0.15) is 0 Å². The Hall–Kier alpha value is 0.250. The molecule has 1 saturated carbocycles. The smallest absolute Gasteiger partial charge is 0.0406 e. The summed E-state index contributed by atoms with van der Waals surface area (Å²) in [6, 6.07) is 0. The third-order valence-corrected chi connectivity index (χ3v) is 4.89. The number of rotatable bonds is 9. The Bertz CT molecular complexity index is 207. The van der Waals surface area contributed by atoms with Gasteiger partial charge < -0.3 is 5.32 Å². The first-order chi connectivity index (χ1) is 8.72. The average molecular weight is 274 g/mol. The van der Waals surface area contributed by atoms with Gasteiger partial charge in [0.05, 0.1) is 0 Å². The van der Waals surface area contributed by atoms with Crippen LogP contribution in [0, 0.1) is 5.92 Å². The number of hydrogen-bond donors (Lipinski definition) is 1. The van der Waals surface area contributed by atoms with Crippen molar-refractivity contribution in [1.82, 2.24) is 5.32 Å². The largest absolute Gasteiger partial charge is 0.310 e. The predicted molar refractivity (Wildman–Crippen MR) is 82.5 cm³/mol. The van der Waals surface area contributed by atoms with Crippen LogP contribution in [0.2, 0.25) is 0 Å². The summed E-state index contributed by atoms with van der Waals surface area (Å²) in [6.07, 6.45) is 13.5. The highest BCUT2D eigenvalue weighted by atomic mass is 35.5. The molecule has 0 bridgehead atoms. The predicted octanol–water partition coefficient (Wildman–Crippen LogP) is 5.12. The number of halogens is 1. The molecule has 0 spiro atoms. The Morgan fingerprint density at radius 3 is 2.56 bits per heavy atom. The van der Waals surface area contributed by atoms with E-state index in [0.717, 1.165) is 18.3 Å². The van der Waals surface area contributed by atoms with Gasteiger partial charge in [0.15, 0.2) is 0 Å². The van der Waals surface area contributed by atoms with Crippen molar-refractivity contribution < 1.29 is 0 Å². The summed E-state index contributed by atoms with van der Waals surface area (Å²) < 4.78 is 0. The van der Waals surface area contributed by atoms with Crippen LogP contribution in [-0.4, -0.2) is 18.0 Å². The molecule has 0 radical (unpaired) electrons. The van der Waals surface area contributed by atoms with E-state index in [1.165, 1.54) is 64.2 Å². The van der Waals surface area contributed by atoms with Crippen molar-refractivity contribution >= 4 is 11.6 Å². The highest BCUT2D eigenvalue weighted by Crippen LogP contribution is 2.33. The van der Waals surface area contributed by atoms with Gasteiger partial charge in [-0.2, -0.15) is 0 Å². The number of nitrogens with one attached hydrogen (secondary N) is 1. The van der Waals surface area contributed by atoms with Crippen LogP contribution in [0.5, 0.6) is 0 Å². The van der Waals surface area contributed by atoms with Gasteiger partial charge in [0.2, 0.25) is 0 Å². The molecule has 0 aromatic carbocycles. The summed E-state index contributed by atoms with van der Waals surface area (Å²) in [5, 5.41) is 3.77. The van der Waals surface area contributed by atoms with Crippen LogP contribution < -0.4 is 5.32 Å². The third kappa shape index (κ3) is 5.93. The van der Waals surface area contributed by atoms with Crippen molar-refractivity contribution in [2.75, 3.05) is 12.4 Å². The summed E-state index contributed by atoms with van der Waals surface area (Å²) in [5.74, 6) is 1.63. The summed E-state index contributed by atoms with van der Waals surface area (Å²) in [6.45, 7) is 5.80. The molecule has 1 aliphatic carbocycles. The Morgan fingerprint density at radius 2 is 1.89 bits per heavy atom. The fraction of sp³-hybridized carbons (Fsp3) is 1.00. The van der Waals surface area contributed by atoms with Crippen molar-refractivity contribution in [2.45, 2.75) is 83.6 Å². The second-order valence-electron chi connectivity index (χ2n) is 6.31. The van der Waals surface area contributed by atoms with Gasteiger partial charge in [-0.1, -0.05) is 58.8 Å². The quantitative estimate of drug-likeness (QED) is 0.454. The minimum Gasteiger partial charge on any atom is -0.310 e. The molecule has 1 fully saturated rings. The third-order valence-electron chi connectivity index (χ3n) is 4.38. The summed E-state index contributed by atoms with van der Waals surface area (Å²) >= 11 is 6.22. The monoisotopic (exact) mass is 273 g/mol. The van der Waals surface area contributed by atoms with Gasteiger partial charge in [-0.05, 0) is 31.7 Å². The van der Waals surface area contributed by atoms with Crippen molar-refractivity contribution in [3.05, 3.63) is 0 Å². The molecule has 0 heterocycles. The fourth-order valence-corrected chi connectivity index (χ4v) is 3.59. The van der Waals surface area contributed by atoms with Crippen molar-refractivity contribution in [2.24, 2.45) is 5.92 Å². The molecule has 108 valence electrons. The topological polar surface area (TPSA) is 12.0 Å². The molecule has 1 rings (SSSR count). The maximum Gasteiger partial charge on any atom is 0.0406 e. The van der Waals surface area contributed by atoms with Gasteiger partial charge in [0.25, 0.3) is 0 Å². The lowest BCUT2D eigenvalue weighted by Gasteiger charge is -2.39. The van der Waals surface area contributed by atoms with Gasteiger partial charge in [0, 0.05) is 11.4 Å². The first-order valence-electron chi connectivity index (χ1n) is 8.03. The molecular formula is C16H32ClN. The number of hydrogen-bond acceptors (Lipinski definition) is 1. The molecule has 0 aliphatic heterocycles. The second kappa shape index (κ2) is 9.20. The molecule has 1 nitrogen and oxygen atoms in total. The lowest BCUT2D eigenvalue weighted by atomic mass is 9.77. The first-order valence-corrected chi connectivity index (χ1v) is 8.57. The van der Waals surface area contributed by atoms with Gasteiger partial charge in [-0.3, -0.25) is 0 Å². The van der Waals surface area contributed by atoms with E-state index in [-0.39, 0.29) is 5.54 Å². The summed E-state index contributed by atoms with van der Waals surface area (Å²) in [4.78, 5) is 0. The van der Waals surface area contributed by atoms with Gasteiger partial charge in [-0.15, -0.1) is 11.6 Å². The van der Waals surface area contributed by atoms with Crippen LogP contribution in [-0.2, 0) is 0 Å². The van der Waals surface area contributed by atoms with Crippen molar-refractivity contribution in [1.29, 1.82) is 0 Å². The molecular weight excluding hydrogens is 242 g/mol. The summed E-state index contributed by atoms with van der Waals surface area (Å²) in [7, 11) is 0. The molecule has 0 saturated heterocycles. The van der Waals surface area contributed by atoms with Crippen molar-refractivity contribution in [3.8, 4) is 0 Å². The van der Waals surface area contributed by atoms with Crippen molar-refractivity contribution in [3.63, 3.8) is 0 Å². The second-order valence-corrected chi connectivity index (χ2v) is 6.58. The number of unbranched alkanes of at least 4 members (excludes halogenated alkanes) is 5. The van der Waals surface area contributed by atoms with Gasteiger partial charge in [-0.25, -0.2) is 0 Å².